The first-order valence-electron chi connectivity index (χ1n) is 6.41. The molecule has 19 heavy (non-hydrogen) atoms. The zero-order valence-electron chi connectivity index (χ0n) is 11.2. The summed E-state index contributed by atoms with van der Waals surface area (Å²) in [4.78, 5) is 0. The first kappa shape index (κ1) is 13.5. The molecule has 0 aliphatic carbocycles. The lowest BCUT2D eigenvalue weighted by molar-refractivity contribution is 0.254. The fourth-order valence-corrected chi connectivity index (χ4v) is 1.75. The molecule has 1 unspecified atom stereocenters. The van der Waals surface area contributed by atoms with Gasteiger partial charge in [0.05, 0.1) is 6.04 Å². The van der Waals surface area contributed by atoms with Crippen molar-refractivity contribution in [1.82, 2.24) is 10.2 Å². The van der Waals surface area contributed by atoms with Gasteiger partial charge in [0.1, 0.15) is 5.75 Å². The Labute approximate surface area is 112 Å². The van der Waals surface area contributed by atoms with Gasteiger partial charge in [-0.15, -0.1) is 10.2 Å². The standard InChI is InChI=1S/C14H19N3O2/c1-10(2)8-12(15)14-17-16-13(19-14)9-18-11-6-4-3-5-7-11/h3-7,10,12H,8-9,15H2,1-2H3. The van der Waals surface area contributed by atoms with E-state index in [1.807, 2.05) is 30.3 Å². The van der Waals surface area contributed by atoms with E-state index in [1.165, 1.54) is 0 Å². The molecule has 5 nitrogen and oxygen atoms in total. The van der Waals surface area contributed by atoms with E-state index in [0.29, 0.717) is 17.7 Å². The first-order chi connectivity index (χ1) is 9.15. The van der Waals surface area contributed by atoms with Gasteiger partial charge >= 0.3 is 0 Å². The molecular formula is C14H19N3O2. The summed E-state index contributed by atoms with van der Waals surface area (Å²) in [7, 11) is 0. The van der Waals surface area contributed by atoms with E-state index in [4.69, 9.17) is 14.9 Å². The Morgan fingerprint density at radius 3 is 2.63 bits per heavy atom. The highest BCUT2D eigenvalue weighted by Gasteiger charge is 2.15. The minimum absolute atomic E-state index is 0.210. The molecule has 0 spiro atoms. The van der Waals surface area contributed by atoms with Gasteiger partial charge in [0.15, 0.2) is 6.61 Å². The molecule has 1 aromatic carbocycles. The van der Waals surface area contributed by atoms with Crippen LogP contribution in [0.2, 0.25) is 0 Å². The van der Waals surface area contributed by atoms with Gasteiger partial charge < -0.3 is 14.9 Å². The number of hydrogen-bond acceptors (Lipinski definition) is 5. The maximum absolute atomic E-state index is 5.98. The average Bonchev–Trinajstić information content (AvgIpc) is 2.86. The Kier molecular flexibility index (Phi) is 4.52. The van der Waals surface area contributed by atoms with Crippen LogP contribution in [0.15, 0.2) is 34.7 Å². The van der Waals surface area contributed by atoms with E-state index < -0.39 is 0 Å². The van der Waals surface area contributed by atoms with Gasteiger partial charge in [-0.25, -0.2) is 0 Å². The number of rotatable bonds is 6. The number of ether oxygens (including phenoxy) is 1. The molecule has 0 fully saturated rings. The Hall–Kier alpha value is -1.88. The zero-order chi connectivity index (χ0) is 13.7. The molecule has 2 rings (SSSR count). The molecule has 0 radical (unpaired) electrons. The lowest BCUT2D eigenvalue weighted by atomic mass is 10.1. The largest absolute Gasteiger partial charge is 0.484 e. The molecule has 2 N–H and O–H groups in total. The summed E-state index contributed by atoms with van der Waals surface area (Å²) in [5.74, 6) is 2.18. The molecule has 2 aromatic rings. The summed E-state index contributed by atoms with van der Waals surface area (Å²) in [5.41, 5.74) is 5.98. The quantitative estimate of drug-likeness (QED) is 0.865. The van der Waals surface area contributed by atoms with Crippen LogP contribution in [0.5, 0.6) is 5.75 Å². The van der Waals surface area contributed by atoms with Crippen molar-refractivity contribution in [2.75, 3.05) is 0 Å². The Morgan fingerprint density at radius 2 is 1.95 bits per heavy atom. The number of aromatic nitrogens is 2. The lowest BCUT2D eigenvalue weighted by Crippen LogP contribution is -2.13. The predicted octanol–water partition coefficient (Wildman–Crippen LogP) is 2.69. The average molecular weight is 261 g/mol. The number of para-hydroxylation sites is 1. The van der Waals surface area contributed by atoms with Crippen molar-refractivity contribution in [3.05, 3.63) is 42.1 Å². The van der Waals surface area contributed by atoms with Gasteiger partial charge in [0.25, 0.3) is 5.89 Å². The van der Waals surface area contributed by atoms with E-state index in [0.717, 1.165) is 12.2 Å². The van der Waals surface area contributed by atoms with Gasteiger partial charge in [0.2, 0.25) is 5.89 Å². The van der Waals surface area contributed by atoms with Gasteiger partial charge in [-0.2, -0.15) is 0 Å². The summed E-state index contributed by atoms with van der Waals surface area (Å²) in [6.45, 7) is 4.47. The zero-order valence-corrected chi connectivity index (χ0v) is 11.2. The van der Waals surface area contributed by atoms with Crippen molar-refractivity contribution in [2.45, 2.75) is 32.9 Å². The van der Waals surface area contributed by atoms with Gasteiger partial charge in [-0.3, -0.25) is 0 Å². The molecule has 0 aliphatic rings. The highest BCUT2D eigenvalue weighted by Crippen LogP contribution is 2.18. The van der Waals surface area contributed by atoms with E-state index in [1.54, 1.807) is 0 Å². The third kappa shape index (κ3) is 4.06. The Morgan fingerprint density at radius 1 is 1.21 bits per heavy atom. The van der Waals surface area contributed by atoms with Crippen LogP contribution in [0.25, 0.3) is 0 Å². The summed E-state index contributed by atoms with van der Waals surface area (Å²) in [6.07, 6.45) is 0.821. The van der Waals surface area contributed by atoms with Crippen molar-refractivity contribution in [3.63, 3.8) is 0 Å². The number of hydrogen-bond donors (Lipinski definition) is 1. The first-order valence-corrected chi connectivity index (χ1v) is 6.41. The van der Waals surface area contributed by atoms with Crippen LogP contribution in [0, 0.1) is 5.92 Å². The molecule has 102 valence electrons. The fraction of sp³-hybridized carbons (Fsp3) is 0.429. The topological polar surface area (TPSA) is 74.2 Å². The number of nitrogens with two attached hydrogens (primary N) is 1. The summed E-state index contributed by atoms with van der Waals surface area (Å²) in [5, 5.41) is 7.90. The highest BCUT2D eigenvalue weighted by atomic mass is 16.5. The smallest absolute Gasteiger partial charge is 0.253 e. The molecule has 0 saturated carbocycles. The van der Waals surface area contributed by atoms with E-state index in [-0.39, 0.29) is 12.6 Å². The van der Waals surface area contributed by atoms with Gasteiger partial charge in [-0.1, -0.05) is 32.0 Å². The minimum Gasteiger partial charge on any atom is -0.484 e. The van der Waals surface area contributed by atoms with E-state index in [9.17, 15) is 0 Å². The van der Waals surface area contributed by atoms with Crippen LogP contribution in [0.1, 0.15) is 38.1 Å². The van der Waals surface area contributed by atoms with Gasteiger partial charge in [-0.05, 0) is 24.5 Å². The third-order valence-corrected chi connectivity index (χ3v) is 2.63. The van der Waals surface area contributed by atoms with Crippen LogP contribution >= 0.6 is 0 Å². The van der Waals surface area contributed by atoms with Crippen LogP contribution in [0.3, 0.4) is 0 Å². The second kappa shape index (κ2) is 6.33. The summed E-state index contributed by atoms with van der Waals surface area (Å²) < 4.78 is 11.0. The molecule has 0 bridgehead atoms. The van der Waals surface area contributed by atoms with Crippen LogP contribution in [-0.2, 0) is 6.61 Å². The predicted molar refractivity (Wildman–Crippen MR) is 71.5 cm³/mol. The molecule has 0 saturated heterocycles. The van der Waals surface area contributed by atoms with Crippen LogP contribution < -0.4 is 10.5 Å². The number of nitrogens with zero attached hydrogens (tertiary/aromatic N) is 2. The maximum Gasteiger partial charge on any atom is 0.253 e. The molecule has 0 aliphatic heterocycles. The van der Waals surface area contributed by atoms with Crippen LogP contribution in [0.4, 0.5) is 0 Å². The molecule has 5 heteroatoms. The van der Waals surface area contributed by atoms with Crippen molar-refractivity contribution in [3.8, 4) is 5.75 Å². The summed E-state index contributed by atoms with van der Waals surface area (Å²) >= 11 is 0. The fourth-order valence-electron chi connectivity index (χ4n) is 1.75. The van der Waals surface area contributed by atoms with Gasteiger partial charge in [0, 0.05) is 0 Å². The summed E-state index contributed by atoms with van der Waals surface area (Å²) in [6, 6.07) is 9.30. The molecule has 1 atom stereocenters. The van der Waals surface area contributed by atoms with Crippen molar-refractivity contribution in [2.24, 2.45) is 11.7 Å². The molecule has 1 heterocycles. The minimum atomic E-state index is -0.210. The van der Waals surface area contributed by atoms with Crippen molar-refractivity contribution in [1.29, 1.82) is 0 Å². The van der Waals surface area contributed by atoms with Crippen molar-refractivity contribution < 1.29 is 9.15 Å². The third-order valence-electron chi connectivity index (χ3n) is 2.63. The Bertz CT molecular complexity index is 496. The molecule has 0 amide bonds. The normalized spacial score (nSPS) is 12.6. The van der Waals surface area contributed by atoms with E-state index in [2.05, 4.69) is 24.0 Å². The highest BCUT2D eigenvalue weighted by molar-refractivity contribution is 5.20. The molecule has 1 aromatic heterocycles. The second-order valence-electron chi connectivity index (χ2n) is 4.87. The SMILES string of the molecule is CC(C)CC(N)c1nnc(COc2ccccc2)o1. The Balaban J connectivity index is 1.90. The van der Waals surface area contributed by atoms with Crippen LogP contribution in [-0.4, -0.2) is 10.2 Å². The number of benzene rings is 1. The van der Waals surface area contributed by atoms with Crippen molar-refractivity contribution >= 4 is 0 Å². The lowest BCUT2D eigenvalue weighted by Gasteiger charge is -2.08. The monoisotopic (exact) mass is 261 g/mol. The molecular weight excluding hydrogens is 242 g/mol. The maximum atomic E-state index is 5.98. The van der Waals surface area contributed by atoms with E-state index >= 15 is 0 Å². The second-order valence-corrected chi connectivity index (χ2v) is 4.87.